The van der Waals surface area contributed by atoms with E-state index in [2.05, 4.69) is 4.98 Å². The largest absolute Gasteiger partial charge is 0.481 e. The van der Waals surface area contributed by atoms with Gasteiger partial charge in [0.1, 0.15) is 5.65 Å². The van der Waals surface area contributed by atoms with Crippen molar-refractivity contribution in [1.82, 2.24) is 9.38 Å². The van der Waals surface area contributed by atoms with Crippen LogP contribution in [0, 0.1) is 0 Å². The lowest BCUT2D eigenvalue weighted by Crippen LogP contribution is -1.87. The Hall–Kier alpha value is -2.66. The summed E-state index contributed by atoms with van der Waals surface area (Å²) in [6, 6.07) is 11.9. The molecule has 5 heteroatoms. The number of benzene rings is 1. The fourth-order valence-corrected chi connectivity index (χ4v) is 1.94. The molecule has 0 spiro atoms. The summed E-state index contributed by atoms with van der Waals surface area (Å²) in [5.74, 6) is -0.745. The predicted molar refractivity (Wildman–Crippen MR) is 84.5 cm³/mol. The van der Waals surface area contributed by atoms with Crippen LogP contribution in [0.15, 0.2) is 55.0 Å². The predicted octanol–water partition coefficient (Wildman–Crippen LogP) is 2.97. The number of rotatable bonds is 3. The van der Waals surface area contributed by atoms with Crippen molar-refractivity contribution in [3.63, 3.8) is 0 Å². The van der Waals surface area contributed by atoms with Gasteiger partial charge in [-0.05, 0) is 34.9 Å². The van der Waals surface area contributed by atoms with Gasteiger partial charge in [-0.25, -0.2) is 4.98 Å². The zero-order chi connectivity index (χ0) is 15.9. The molecule has 3 aromatic rings. The standard InChI is InChI=1S/C14H12N2O.C3H6O2/c17-10-11-2-1-3-12(8-11)13-4-5-14-15-6-7-16(14)9-13;1-2-3(4)5/h1-9,17H,10H2;2H2,1H3,(H,4,5). The van der Waals surface area contributed by atoms with Gasteiger partial charge in [0.2, 0.25) is 0 Å². The van der Waals surface area contributed by atoms with Crippen LogP contribution in [0.3, 0.4) is 0 Å². The molecule has 0 aliphatic carbocycles. The number of aliphatic hydroxyl groups excluding tert-OH is 1. The van der Waals surface area contributed by atoms with Gasteiger partial charge in [0.25, 0.3) is 0 Å². The molecule has 0 fully saturated rings. The van der Waals surface area contributed by atoms with Gasteiger partial charge in [-0.15, -0.1) is 0 Å². The summed E-state index contributed by atoms with van der Waals surface area (Å²) in [5.41, 5.74) is 4.08. The van der Waals surface area contributed by atoms with Crippen molar-refractivity contribution in [1.29, 1.82) is 0 Å². The van der Waals surface area contributed by atoms with Crippen LogP contribution in [-0.4, -0.2) is 25.6 Å². The van der Waals surface area contributed by atoms with Gasteiger partial charge < -0.3 is 14.6 Å². The highest BCUT2D eigenvalue weighted by Crippen LogP contribution is 2.21. The Bertz CT molecular complexity index is 765. The Labute approximate surface area is 128 Å². The molecule has 0 unspecified atom stereocenters. The summed E-state index contributed by atoms with van der Waals surface area (Å²) in [7, 11) is 0. The van der Waals surface area contributed by atoms with Crippen molar-refractivity contribution < 1.29 is 15.0 Å². The second-order valence-corrected chi connectivity index (χ2v) is 4.72. The van der Waals surface area contributed by atoms with Crippen LogP contribution < -0.4 is 0 Å². The van der Waals surface area contributed by atoms with E-state index >= 15 is 0 Å². The van der Waals surface area contributed by atoms with Gasteiger partial charge in [-0.3, -0.25) is 4.79 Å². The van der Waals surface area contributed by atoms with Gasteiger partial charge >= 0.3 is 5.97 Å². The Kier molecular flexibility index (Phi) is 5.27. The first kappa shape index (κ1) is 15.7. The highest BCUT2D eigenvalue weighted by Gasteiger charge is 2.01. The van der Waals surface area contributed by atoms with Gasteiger partial charge in [-0.1, -0.05) is 25.1 Å². The van der Waals surface area contributed by atoms with Crippen LogP contribution in [-0.2, 0) is 11.4 Å². The molecule has 0 aliphatic heterocycles. The topological polar surface area (TPSA) is 74.8 Å². The number of carbonyl (C=O) groups is 1. The molecule has 0 radical (unpaired) electrons. The molecule has 0 bridgehead atoms. The fraction of sp³-hybridized carbons (Fsp3) is 0.176. The van der Waals surface area contributed by atoms with Crippen molar-refractivity contribution >= 4 is 11.6 Å². The maximum atomic E-state index is 9.37. The number of aromatic nitrogens is 2. The quantitative estimate of drug-likeness (QED) is 0.779. The van der Waals surface area contributed by atoms with E-state index in [1.54, 1.807) is 13.1 Å². The van der Waals surface area contributed by atoms with Crippen molar-refractivity contribution in [2.45, 2.75) is 20.0 Å². The third kappa shape index (κ3) is 3.93. The minimum absolute atomic E-state index is 0.0706. The van der Waals surface area contributed by atoms with E-state index < -0.39 is 5.97 Å². The first-order valence-electron chi connectivity index (χ1n) is 6.98. The van der Waals surface area contributed by atoms with Gasteiger partial charge in [0.15, 0.2) is 0 Å². The molecule has 0 atom stereocenters. The second kappa shape index (κ2) is 7.38. The molecule has 0 saturated heterocycles. The Morgan fingerprint density at radius 2 is 2.00 bits per heavy atom. The monoisotopic (exact) mass is 298 g/mol. The molecule has 2 heterocycles. The summed E-state index contributed by atoms with van der Waals surface area (Å²) < 4.78 is 1.99. The first-order valence-corrected chi connectivity index (χ1v) is 6.98. The molecule has 5 nitrogen and oxygen atoms in total. The van der Waals surface area contributed by atoms with E-state index in [1.165, 1.54) is 0 Å². The molecular formula is C17H18N2O3. The van der Waals surface area contributed by atoms with E-state index in [1.807, 2.05) is 53.2 Å². The average Bonchev–Trinajstić information content (AvgIpc) is 3.03. The number of carboxylic acid groups (broad SMARTS) is 1. The van der Waals surface area contributed by atoms with Crippen LogP contribution in [0.2, 0.25) is 0 Å². The normalized spacial score (nSPS) is 10.1. The number of aliphatic carboxylic acids is 1. The van der Waals surface area contributed by atoms with E-state index in [9.17, 15) is 4.79 Å². The van der Waals surface area contributed by atoms with Gasteiger partial charge in [0, 0.05) is 25.0 Å². The number of fused-ring (bicyclic) bond motifs is 1. The van der Waals surface area contributed by atoms with Gasteiger partial charge in [0.05, 0.1) is 6.61 Å². The van der Waals surface area contributed by atoms with Crippen molar-refractivity contribution in [2.24, 2.45) is 0 Å². The fourth-order valence-electron chi connectivity index (χ4n) is 1.94. The summed E-state index contributed by atoms with van der Waals surface area (Å²) in [6.07, 6.45) is 5.97. The highest BCUT2D eigenvalue weighted by atomic mass is 16.4. The SMILES string of the molecule is CCC(=O)O.OCc1cccc(-c2ccc3nccn3c2)c1. The lowest BCUT2D eigenvalue weighted by Gasteiger charge is -2.04. The van der Waals surface area contributed by atoms with Crippen LogP contribution in [0.5, 0.6) is 0 Å². The van der Waals surface area contributed by atoms with Gasteiger partial charge in [-0.2, -0.15) is 0 Å². The molecule has 0 amide bonds. The average molecular weight is 298 g/mol. The second-order valence-electron chi connectivity index (χ2n) is 4.72. The highest BCUT2D eigenvalue weighted by molar-refractivity contribution is 5.66. The van der Waals surface area contributed by atoms with Crippen LogP contribution in [0.4, 0.5) is 0 Å². The molecule has 3 rings (SSSR count). The van der Waals surface area contributed by atoms with Crippen LogP contribution >= 0.6 is 0 Å². The smallest absolute Gasteiger partial charge is 0.303 e. The van der Waals surface area contributed by atoms with E-state index in [0.717, 1.165) is 22.3 Å². The zero-order valence-electron chi connectivity index (χ0n) is 12.3. The van der Waals surface area contributed by atoms with E-state index in [0.29, 0.717) is 0 Å². The molecule has 1 aromatic carbocycles. The Morgan fingerprint density at radius 3 is 2.68 bits per heavy atom. The number of imidazole rings is 1. The van der Waals surface area contributed by atoms with Crippen molar-refractivity contribution in [3.8, 4) is 11.1 Å². The molecular weight excluding hydrogens is 280 g/mol. The lowest BCUT2D eigenvalue weighted by molar-refractivity contribution is -0.136. The lowest BCUT2D eigenvalue weighted by atomic mass is 10.1. The van der Waals surface area contributed by atoms with E-state index in [4.69, 9.17) is 10.2 Å². The molecule has 0 saturated carbocycles. The molecule has 0 aliphatic rings. The molecule has 22 heavy (non-hydrogen) atoms. The third-order valence-electron chi connectivity index (χ3n) is 3.13. The third-order valence-corrected chi connectivity index (χ3v) is 3.13. The first-order chi connectivity index (χ1) is 10.6. The van der Waals surface area contributed by atoms with Crippen molar-refractivity contribution in [3.05, 3.63) is 60.6 Å². The molecule has 2 aromatic heterocycles. The Balaban J connectivity index is 0.000000309. The number of carboxylic acids is 1. The van der Waals surface area contributed by atoms with Crippen molar-refractivity contribution in [2.75, 3.05) is 0 Å². The Morgan fingerprint density at radius 1 is 1.23 bits per heavy atom. The van der Waals surface area contributed by atoms with Crippen LogP contribution in [0.25, 0.3) is 16.8 Å². The maximum Gasteiger partial charge on any atom is 0.303 e. The summed E-state index contributed by atoms with van der Waals surface area (Å²) in [6.45, 7) is 1.67. The number of hydrogen-bond donors (Lipinski definition) is 2. The summed E-state index contributed by atoms with van der Waals surface area (Å²) in [4.78, 5) is 13.6. The van der Waals surface area contributed by atoms with Crippen LogP contribution in [0.1, 0.15) is 18.9 Å². The molecule has 114 valence electrons. The number of aliphatic hydroxyl groups is 1. The minimum atomic E-state index is -0.745. The minimum Gasteiger partial charge on any atom is -0.481 e. The number of hydrogen-bond acceptors (Lipinski definition) is 3. The summed E-state index contributed by atoms with van der Waals surface area (Å²) in [5, 5.41) is 16.9. The maximum absolute atomic E-state index is 9.37. The number of pyridine rings is 1. The summed E-state index contributed by atoms with van der Waals surface area (Å²) >= 11 is 0. The number of nitrogens with zero attached hydrogens (tertiary/aromatic N) is 2. The zero-order valence-corrected chi connectivity index (χ0v) is 12.3. The molecule has 2 N–H and O–H groups in total. The van der Waals surface area contributed by atoms with E-state index in [-0.39, 0.29) is 13.0 Å².